The molecule has 5 rings (SSSR count). The van der Waals surface area contributed by atoms with Crippen molar-refractivity contribution in [2.75, 3.05) is 11.9 Å². The first-order chi connectivity index (χ1) is 17.4. The molecule has 0 radical (unpaired) electrons. The third-order valence-corrected chi connectivity index (χ3v) is 7.11. The lowest BCUT2D eigenvalue weighted by molar-refractivity contribution is -0.0104. The van der Waals surface area contributed by atoms with Crippen LogP contribution in [0.2, 0.25) is 0 Å². The van der Waals surface area contributed by atoms with Crippen LogP contribution in [0.1, 0.15) is 40.0 Å². The van der Waals surface area contributed by atoms with Gasteiger partial charge in [-0.3, -0.25) is 9.69 Å². The third-order valence-electron chi connectivity index (χ3n) is 7.11. The van der Waals surface area contributed by atoms with Crippen molar-refractivity contribution in [1.82, 2.24) is 29.9 Å². The molecule has 0 spiro atoms. The Labute approximate surface area is 212 Å². The van der Waals surface area contributed by atoms with Crippen LogP contribution in [0.4, 0.5) is 15.0 Å². The number of ether oxygens (including phenoxy) is 1. The fourth-order valence-electron chi connectivity index (χ4n) is 5.27. The van der Waals surface area contributed by atoms with Crippen molar-refractivity contribution in [2.45, 2.75) is 69.9 Å². The summed E-state index contributed by atoms with van der Waals surface area (Å²) >= 11 is 0. The molecule has 2 saturated heterocycles. The second-order valence-corrected chi connectivity index (χ2v) is 10.7. The molecule has 1 amide bonds. The Bertz CT molecular complexity index is 1410. The van der Waals surface area contributed by atoms with Crippen molar-refractivity contribution in [1.29, 1.82) is 0 Å². The standard InChI is InChI=1S/C25H30FN7O4/c1-25(2,3)37-24(36)33-14-6-7-17(33)21(26)18(9-14)31(4)20-12-27-22(30-29-20)16-8-13-11-28-32(5)23(35)15(13)10-19(16)34/h8,10-12,14,17-18,21,34H,6-7,9H2,1-5H3/t14-,17+,18-,21+/m0/s1. The van der Waals surface area contributed by atoms with Crippen LogP contribution in [0.25, 0.3) is 22.2 Å². The maximum absolute atomic E-state index is 15.7. The fraction of sp³-hybridized carbons (Fsp3) is 0.520. The van der Waals surface area contributed by atoms with Crippen LogP contribution in [-0.2, 0) is 11.8 Å². The Kier molecular flexibility index (Phi) is 5.99. The van der Waals surface area contributed by atoms with E-state index in [1.165, 1.54) is 30.2 Å². The number of aromatic nitrogens is 5. The highest BCUT2D eigenvalue weighted by molar-refractivity contribution is 5.88. The molecule has 2 aliphatic rings. The summed E-state index contributed by atoms with van der Waals surface area (Å²) in [6, 6.07) is 1.77. The van der Waals surface area contributed by atoms with E-state index in [1.54, 1.807) is 43.7 Å². The molecule has 2 aliphatic heterocycles. The largest absolute Gasteiger partial charge is 0.507 e. The predicted octanol–water partition coefficient (Wildman–Crippen LogP) is 2.81. The Morgan fingerprint density at radius 1 is 1.22 bits per heavy atom. The molecule has 1 aromatic carbocycles. The molecular formula is C25H30FN7O4. The summed E-state index contributed by atoms with van der Waals surface area (Å²) in [5.41, 5.74) is -0.677. The van der Waals surface area contributed by atoms with Crippen molar-refractivity contribution in [2.24, 2.45) is 7.05 Å². The molecule has 12 heteroatoms. The summed E-state index contributed by atoms with van der Waals surface area (Å²) in [6.07, 6.45) is 2.96. The number of phenols is 1. The number of fused-ring (bicyclic) bond motifs is 3. The number of carbonyl (C=O) groups excluding carboxylic acids is 1. The minimum absolute atomic E-state index is 0.115. The number of hydrogen-bond donors (Lipinski definition) is 1. The number of benzene rings is 1. The molecule has 11 nitrogen and oxygen atoms in total. The van der Waals surface area contributed by atoms with E-state index >= 15 is 4.39 Å². The van der Waals surface area contributed by atoms with Gasteiger partial charge >= 0.3 is 6.09 Å². The number of phenolic OH excluding ortho intramolecular Hbond substituents is 1. The molecule has 196 valence electrons. The van der Waals surface area contributed by atoms with Gasteiger partial charge in [-0.2, -0.15) is 5.10 Å². The molecule has 4 heterocycles. The van der Waals surface area contributed by atoms with Gasteiger partial charge < -0.3 is 14.7 Å². The Balaban J connectivity index is 1.36. The van der Waals surface area contributed by atoms with Gasteiger partial charge in [0, 0.05) is 25.5 Å². The zero-order valence-corrected chi connectivity index (χ0v) is 21.4. The van der Waals surface area contributed by atoms with E-state index in [4.69, 9.17) is 4.74 Å². The zero-order chi connectivity index (χ0) is 26.6. The Morgan fingerprint density at radius 2 is 1.97 bits per heavy atom. The number of aryl methyl sites for hydroxylation is 1. The predicted molar refractivity (Wildman–Crippen MR) is 134 cm³/mol. The molecule has 0 unspecified atom stereocenters. The normalized spacial score (nSPS) is 23.4. The maximum atomic E-state index is 15.7. The summed E-state index contributed by atoms with van der Waals surface area (Å²) in [4.78, 5) is 32.6. The topological polar surface area (TPSA) is 127 Å². The highest BCUT2D eigenvalue weighted by atomic mass is 19.1. The van der Waals surface area contributed by atoms with Gasteiger partial charge in [0.05, 0.1) is 35.4 Å². The summed E-state index contributed by atoms with van der Waals surface area (Å²) in [5, 5.41) is 23.8. The lowest BCUT2D eigenvalue weighted by Gasteiger charge is -2.44. The van der Waals surface area contributed by atoms with Crippen LogP contribution in [0.5, 0.6) is 5.75 Å². The van der Waals surface area contributed by atoms with Crippen LogP contribution < -0.4 is 10.5 Å². The Morgan fingerprint density at radius 3 is 2.65 bits per heavy atom. The average Bonchev–Trinajstić information content (AvgIpc) is 3.19. The number of amides is 1. The van der Waals surface area contributed by atoms with Crippen molar-refractivity contribution >= 4 is 22.7 Å². The van der Waals surface area contributed by atoms with Gasteiger partial charge in [-0.15, -0.1) is 10.2 Å². The highest BCUT2D eigenvalue weighted by Crippen LogP contribution is 2.40. The second kappa shape index (κ2) is 8.93. The van der Waals surface area contributed by atoms with Crippen LogP contribution in [0.15, 0.2) is 29.3 Å². The zero-order valence-electron chi connectivity index (χ0n) is 21.4. The SMILES string of the molecule is CN(c1cnc(-c2cc3cnn(C)c(=O)c3cc2O)nn1)[C@H]1C[C@@H]2CC[C@H]([C@H]1F)N2C(=O)OC(C)(C)C. The number of rotatable bonds is 3. The number of halogens is 1. The van der Waals surface area contributed by atoms with E-state index in [-0.39, 0.29) is 23.2 Å². The minimum Gasteiger partial charge on any atom is -0.507 e. The second-order valence-electron chi connectivity index (χ2n) is 10.7. The smallest absolute Gasteiger partial charge is 0.410 e. The first-order valence-electron chi connectivity index (χ1n) is 12.2. The first kappa shape index (κ1) is 24.8. The van der Waals surface area contributed by atoms with E-state index in [9.17, 15) is 14.7 Å². The summed E-state index contributed by atoms with van der Waals surface area (Å²) in [5.74, 6) is 0.375. The highest BCUT2D eigenvalue weighted by Gasteiger charge is 2.52. The van der Waals surface area contributed by atoms with E-state index in [2.05, 4.69) is 20.3 Å². The van der Waals surface area contributed by atoms with Crippen molar-refractivity contribution < 1.29 is 19.0 Å². The molecule has 4 atom stereocenters. The number of anilines is 1. The van der Waals surface area contributed by atoms with Gasteiger partial charge in [0.2, 0.25) is 0 Å². The van der Waals surface area contributed by atoms with E-state index in [0.29, 0.717) is 35.0 Å². The van der Waals surface area contributed by atoms with Crippen LogP contribution >= 0.6 is 0 Å². The summed E-state index contributed by atoms with van der Waals surface area (Å²) < 4.78 is 22.4. The molecule has 0 aliphatic carbocycles. The van der Waals surface area contributed by atoms with Crippen molar-refractivity contribution in [3.63, 3.8) is 0 Å². The molecule has 2 fully saturated rings. The number of aromatic hydroxyl groups is 1. The van der Waals surface area contributed by atoms with E-state index < -0.39 is 29.9 Å². The van der Waals surface area contributed by atoms with Crippen LogP contribution in [-0.4, -0.2) is 78.0 Å². The molecule has 3 aromatic rings. The first-order valence-corrected chi connectivity index (χ1v) is 12.2. The Hall–Kier alpha value is -3.83. The summed E-state index contributed by atoms with van der Waals surface area (Å²) in [7, 11) is 3.27. The van der Waals surface area contributed by atoms with E-state index in [0.717, 1.165) is 6.42 Å². The monoisotopic (exact) mass is 511 g/mol. The molecule has 2 aromatic heterocycles. The quantitative estimate of drug-likeness (QED) is 0.565. The number of hydrogen-bond acceptors (Lipinski definition) is 9. The maximum Gasteiger partial charge on any atom is 0.410 e. The molecule has 0 saturated carbocycles. The lowest BCUT2D eigenvalue weighted by Crippen LogP contribution is -2.59. The van der Waals surface area contributed by atoms with Crippen LogP contribution in [0, 0.1) is 0 Å². The third kappa shape index (κ3) is 4.44. The van der Waals surface area contributed by atoms with Crippen molar-refractivity contribution in [3.05, 3.63) is 34.9 Å². The van der Waals surface area contributed by atoms with Crippen molar-refractivity contribution in [3.8, 4) is 17.1 Å². The lowest BCUT2D eigenvalue weighted by atomic mass is 9.94. The van der Waals surface area contributed by atoms with Gasteiger partial charge in [0.15, 0.2) is 11.6 Å². The van der Waals surface area contributed by atoms with Gasteiger partial charge in [-0.1, -0.05) is 0 Å². The molecule has 37 heavy (non-hydrogen) atoms. The summed E-state index contributed by atoms with van der Waals surface area (Å²) in [6.45, 7) is 5.39. The van der Waals surface area contributed by atoms with Crippen LogP contribution in [0.3, 0.4) is 0 Å². The molecular weight excluding hydrogens is 481 g/mol. The van der Waals surface area contributed by atoms with Gasteiger partial charge in [-0.05, 0) is 52.2 Å². The molecule has 2 bridgehead atoms. The number of carbonyl (C=O) groups is 1. The van der Waals surface area contributed by atoms with Gasteiger partial charge in [-0.25, -0.2) is 18.9 Å². The number of nitrogens with zero attached hydrogens (tertiary/aromatic N) is 7. The average molecular weight is 512 g/mol. The minimum atomic E-state index is -1.29. The number of piperidine rings is 1. The van der Waals surface area contributed by atoms with Gasteiger partial charge in [0.1, 0.15) is 17.5 Å². The number of alkyl halides is 1. The van der Waals surface area contributed by atoms with Gasteiger partial charge in [0.25, 0.3) is 5.56 Å². The van der Waals surface area contributed by atoms with E-state index in [1.807, 2.05) is 0 Å². The molecule has 1 N–H and O–H groups in total. The fourth-order valence-corrected chi connectivity index (χ4v) is 5.27.